The van der Waals surface area contributed by atoms with Crippen LogP contribution in [0.15, 0.2) is 34.7 Å². The first-order chi connectivity index (χ1) is 7.61. The Labute approximate surface area is 97.5 Å². The third kappa shape index (κ3) is 3.86. The van der Waals surface area contributed by atoms with Gasteiger partial charge >= 0.3 is 5.97 Å². The van der Waals surface area contributed by atoms with Crippen LogP contribution >= 0.6 is 11.9 Å². The highest BCUT2D eigenvalue weighted by Crippen LogP contribution is 2.10. The molecule has 1 aliphatic rings. The summed E-state index contributed by atoms with van der Waals surface area (Å²) >= 11 is 1.33. The Morgan fingerprint density at radius 1 is 1.38 bits per heavy atom. The Hall–Kier alpha value is -1.62. The molecule has 0 amide bonds. The molecule has 0 saturated heterocycles. The van der Waals surface area contributed by atoms with Crippen LogP contribution in [0.5, 0.6) is 0 Å². The van der Waals surface area contributed by atoms with Gasteiger partial charge in [-0.3, -0.25) is 4.79 Å². The molecular formula is C11H11NO3S. The molecule has 0 fully saturated rings. The predicted molar refractivity (Wildman–Crippen MR) is 64.0 cm³/mol. The second kappa shape index (κ2) is 6.07. The molecule has 16 heavy (non-hydrogen) atoms. The molecule has 0 bridgehead atoms. The van der Waals surface area contributed by atoms with Crippen molar-refractivity contribution >= 4 is 29.4 Å². The standard InChI is InChI=1S/C7H6O2.C4H5NOS/c8-7(9)6-4-2-1-3-5-6;1-3-4(6)2-7-5-3/h1-5H,(H,8,9);2H2,1H3. The summed E-state index contributed by atoms with van der Waals surface area (Å²) in [6, 6.07) is 8.30. The monoisotopic (exact) mass is 237 g/mol. The molecule has 0 unspecified atom stereocenters. The molecule has 1 aromatic rings. The number of carbonyl (C=O) groups is 2. The quantitative estimate of drug-likeness (QED) is 0.759. The first kappa shape index (κ1) is 12.4. The van der Waals surface area contributed by atoms with E-state index >= 15 is 0 Å². The molecule has 1 aromatic carbocycles. The van der Waals surface area contributed by atoms with E-state index in [1.54, 1.807) is 37.3 Å². The van der Waals surface area contributed by atoms with Gasteiger partial charge in [0.25, 0.3) is 0 Å². The lowest BCUT2D eigenvalue weighted by molar-refractivity contribution is -0.110. The van der Waals surface area contributed by atoms with Gasteiger partial charge in [0.2, 0.25) is 0 Å². The fraction of sp³-hybridized carbons (Fsp3) is 0.182. The Morgan fingerprint density at radius 2 is 2.00 bits per heavy atom. The molecule has 84 valence electrons. The first-order valence-electron chi connectivity index (χ1n) is 4.59. The zero-order chi connectivity index (χ0) is 12.0. The number of hydrogen-bond acceptors (Lipinski definition) is 4. The average Bonchev–Trinajstić information content (AvgIpc) is 2.65. The summed E-state index contributed by atoms with van der Waals surface area (Å²) in [5.41, 5.74) is 0.988. The second-order valence-corrected chi connectivity index (χ2v) is 3.77. The zero-order valence-electron chi connectivity index (χ0n) is 8.71. The van der Waals surface area contributed by atoms with E-state index in [0.29, 0.717) is 17.0 Å². The van der Waals surface area contributed by atoms with Crippen molar-refractivity contribution in [1.82, 2.24) is 0 Å². The number of Topliss-reactive ketones (excluding diaryl/α,β-unsaturated/α-hetero) is 1. The molecule has 1 heterocycles. The van der Waals surface area contributed by atoms with Crippen molar-refractivity contribution in [3.05, 3.63) is 35.9 Å². The normalized spacial score (nSPS) is 13.8. The third-order valence-electron chi connectivity index (χ3n) is 1.82. The van der Waals surface area contributed by atoms with Gasteiger partial charge in [0.15, 0.2) is 5.78 Å². The van der Waals surface area contributed by atoms with Crippen molar-refractivity contribution in [2.24, 2.45) is 4.40 Å². The molecule has 0 saturated carbocycles. The highest BCUT2D eigenvalue weighted by molar-refractivity contribution is 7.99. The summed E-state index contributed by atoms with van der Waals surface area (Å²) < 4.78 is 3.80. The summed E-state index contributed by atoms with van der Waals surface area (Å²) in [6.07, 6.45) is 0. The van der Waals surface area contributed by atoms with Gasteiger partial charge < -0.3 is 5.11 Å². The topological polar surface area (TPSA) is 66.7 Å². The maximum absolute atomic E-state index is 10.4. The van der Waals surface area contributed by atoms with Crippen LogP contribution in [-0.4, -0.2) is 28.3 Å². The summed E-state index contributed by atoms with van der Waals surface area (Å²) in [5, 5.41) is 8.38. The van der Waals surface area contributed by atoms with Crippen LogP contribution in [0, 0.1) is 0 Å². The van der Waals surface area contributed by atoms with Gasteiger partial charge in [0.1, 0.15) is 0 Å². The molecule has 0 atom stereocenters. The molecule has 4 nitrogen and oxygen atoms in total. The van der Waals surface area contributed by atoms with Crippen LogP contribution in [0.25, 0.3) is 0 Å². The number of aromatic carboxylic acids is 1. The van der Waals surface area contributed by atoms with Crippen LogP contribution in [0.1, 0.15) is 17.3 Å². The minimum absolute atomic E-state index is 0.171. The van der Waals surface area contributed by atoms with Crippen molar-refractivity contribution in [2.45, 2.75) is 6.92 Å². The molecule has 1 N–H and O–H groups in total. The number of carboxylic acids is 1. The van der Waals surface area contributed by atoms with Gasteiger partial charge in [0, 0.05) is 0 Å². The van der Waals surface area contributed by atoms with E-state index in [9.17, 15) is 9.59 Å². The lowest BCUT2D eigenvalue weighted by Gasteiger charge is -1.88. The zero-order valence-corrected chi connectivity index (χ0v) is 9.53. The first-order valence-corrected chi connectivity index (χ1v) is 5.53. The fourth-order valence-corrected chi connectivity index (χ4v) is 1.61. The minimum Gasteiger partial charge on any atom is -0.478 e. The molecule has 2 rings (SSSR count). The Bertz CT molecular complexity index is 414. The number of carboxylic acid groups (broad SMARTS) is 1. The molecular weight excluding hydrogens is 226 g/mol. The maximum Gasteiger partial charge on any atom is 0.335 e. The smallest absolute Gasteiger partial charge is 0.335 e. The van der Waals surface area contributed by atoms with Crippen LogP contribution in [0.4, 0.5) is 0 Å². The van der Waals surface area contributed by atoms with E-state index in [0.717, 1.165) is 0 Å². The van der Waals surface area contributed by atoms with Gasteiger partial charge in [-0.25, -0.2) is 9.19 Å². The highest BCUT2D eigenvalue weighted by Gasteiger charge is 2.11. The van der Waals surface area contributed by atoms with Crippen molar-refractivity contribution < 1.29 is 14.7 Å². The maximum atomic E-state index is 10.4. The molecule has 1 aliphatic heterocycles. The number of hydrogen-bond donors (Lipinski definition) is 1. The number of nitrogens with zero attached hydrogens (tertiary/aromatic N) is 1. The van der Waals surface area contributed by atoms with E-state index < -0.39 is 5.97 Å². The molecule has 0 spiro atoms. The van der Waals surface area contributed by atoms with Gasteiger partial charge in [-0.1, -0.05) is 18.2 Å². The van der Waals surface area contributed by atoms with Crippen LogP contribution in [0.3, 0.4) is 0 Å². The minimum atomic E-state index is -0.879. The molecule has 5 heteroatoms. The fourth-order valence-electron chi connectivity index (χ4n) is 0.924. The number of rotatable bonds is 1. The average molecular weight is 237 g/mol. The van der Waals surface area contributed by atoms with Crippen LogP contribution in [0.2, 0.25) is 0 Å². The number of ketones is 1. The number of benzene rings is 1. The SMILES string of the molecule is CC1=NSCC1=O.O=C(O)c1ccccc1. The summed E-state index contributed by atoms with van der Waals surface area (Å²) in [5.74, 6) is -0.160. The Balaban J connectivity index is 0.000000165. The summed E-state index contributed by atoms with van der Waals surface area (Å²) in [6.45, 7) is 1.74. The molecule has 0 aromatic heterocycles. The van der Waals surface area contributed by atoms with Crippen molar-refractivity contribution in [3.8, 4) is 0 Å². The third-order valence-corrected chi connectivity index (χ3v) is 2.62. The van der Waals surface area contributed by atoms with Crippen LogP contribution in [-0.2, 0) is 4.79 Å². The van der Waals surface area contributed by atoms with Gasteiger partial charge in [-0.2, -0.15) is 0 Å². The van der Waals surface area contributed by atoms with E-state index in [1.165, 1.54) is 11.9 Å². The predicted octanol–water partition coefficient (Wildman–Crippen LogP) is 2.06. The van der Waals surface area contributed by atoms with E-state index in [1.807, 2.05) is 0 Å². The summed E-state index contributed by atoms with van der Waals surface area (Å²) in [7, 11) is 0. The Morgan fingerprint density at radius 3 is 2.25 bits per heavy atom. The lowest BCUT2D eigenvalue weighted by atomic mass is 10.2. The van der Waals surface area contributed by atoms with Crippen LogP contribution < -0.4 is 0 Å². The molecule has 0 aliphatic carbocycles. The second-order valence-electron chi connectivity index (χ2n) is 3.04. The lowest BCUT2D eigenvalue weighted by Crippen LogP contribution is -2.04. The molecule has 0 radical (unpaired) electrons. The van der Waals surface area contributed by atoms with E-state index in [4.69, 9.17) is 5.11 Å². The van der Waals surface area contributed by atoms with Crippen molar-refractivity contribution in [3.63, 3.8) is 0 Å². The number of carbonyl (C=O) groups excluding carboxylic acids is 1. The largest absolute Gasteiger partial charge is 0.478 e. The van der Waals surface area contributed by atoms with Gasteiger partial charge in [-0.05, 0) is 31.0 Å². The van der Waals surface area contributed by atoms with Gasteiger partial charge in [-0.15, -0.1) is 0 Å². The van der Waals surface area contributed by atoms with Crippen molar-refractivity contribution in [2.75, 3.05) is 5.75 Å². The van der Waals surface area contributed by atoms with Crippen molar-refractivity contribution in [1.29, 1.82) is 0 Å². The summed E-state index contributed by atoms with van der Waals surface area (Å²) in [4.78, 5) is 20.6. The van der Waals surface area contributed by atoms with Gasteiger partial charge in [0.05, 0.1) is 17.0 Å². The van der Waals surface area contributed by atoms with E-state index in [-0.39, 0.29) is 5.78 Å². The highest BCUT2D eigenvalue weighted by atomic mass is 32.2. The Kier molecular flexibility index (Phi) is 4.72. The van der Waals surface area contributed by atoms with E-state index in [2.05, 4.69) is 4.40 Å².